The van der Waals surface area contributed by atoms with Crippen molar-refractivity contribution >= 4 is 39.9 Å². The third-order valence-corrected chi connectivity index (χ3v) is 8.95. The monoisotopic (exact) mass is 561 g/mol. The van der Waals surface area contributed by atoms with Crippen molar-refractivity contribution < 1.29 is 14.3 Å². The quantitative estimate of drug-likeness (QED) is 0.264. The zero-order valence-electron chi connectivity index (χ0n) is 22.0. The molecule has 0 saturated heterocycles. The van der Waals surface area contributed by atoms with Crippen LogP contribution in [0.15, 0.2) is 59.8 Å². The molecule has 5 rings (SSSR count). The van der Waals surface area contributed by atoms with Crippen molar-refractivity contribution in [3.8, 4) is 5.75 Å². The molecule has 0 bridgehead atoms. The van der Waals surface area contributed by atoms with E-state index >= 15 is 0 Å². The standard InChI is InChI=1S/C29H31N5O3S2/c1-34-24(16-19-12-14-21(37-2)15-13-19)32-33-29(34)38-18-25(35)31-28-26(22-10-6-7-11-23(22)39-28)27(36)30-17-20-8-4-3-5-9-20/h3-5,8-9,12-15H,6-7,10-11,16-18H2,1-2H3,(H,30,36)(H,31,35). The Balaban J connectivity index is 1.23. The van der Waals surface area contributed by atoms with Gasteiger partial charge in [-0.1, -0.05) is 54.2 Å². The summed E-state index contributed by atoms with van der Waals surface area (Å²) in [6, 6.07) is 17.7. The average molecular weight is 562 g/mol. The van der Waals surface area contributed by atoms with E-state index in [4.69, 9.17) is 4.74 Å². The molecular weight excluding hydrogens is 530 g/mol. The van der Waals surface area contributed by atoms with Crippen molar-refractivity contribution in [1.29, 1.82) is 0 Å². The predicted octanol–water partition coefficient (Wildman–Crippen LogP) is 5.02. The lowest BCUT2D eigenvalue weighted by atomic mass is 9.95. The number of thioether (sulfide) groups is 1. The van der Waals surface area contributed by atoms with Crippen LogP contribution in [0.2, 0.25) is 0 Å². The van der Waals surface area contributed by atoms with Crippen molar-refractivity contribution in [3.05, 3.63) is 87.6 Å². The number of ether oxygens (including phenoxy) is 1. The number of amides is 2. The van der Waals surface area contributed by atoms with Gasteiger partial charge in [-0.2, -0.15) is 0 Å². The van der Waals surface area contributed by atoms with E-state index in [1.165, 1.54) is 28.0 Å². The van der Waals surface area contributed by atoms with Crippen LogP contribution < -0.4 is 15.4 Å². The van der Waals surface area contributed by atoms with Crippen molar-refractivity contribution in [2.24, 2.45) is 7.05 Å². The number of benzene rings is 2. The Labute approximate surface area is 236 Å². The van der Waals surface area contributed by atoms with Crippen LogP contribution in [0.1, 0.15) is 50.6 Å². The van der Waals surface area contributed by atoms with E-state index in [0.717, 1.165) is 53.9 Å². The molecule has 0 aliphatic heterocycles. The molecule has 2 N–H and O–H groups in total. The maximum Gasteiger partial charge on any atom is 0.254 e. The first-order valence-electron chi connectivity index (χ1n) is 12.9. The molecule has 1 aliphatic carbocycles. The van der Waals surface area contributed by atoms with E-state index in [1.807, 2.05) is 66.2 Å². The van der Waals surface area contributed by atoms with E-state index in [9.17, 15) is 9.59 Å². The minimum atomic E-state index is -0.171. The van der Waals surface area contributed by atoms with Crippen LogP contribution in [-0.4, -0.2) is 39.4 Å². The van der Waals surface area contributed by atoms with E-state index in [1.54, 1.807) is 7.11 Å². The number of methoxy groups -OCH3 is 1. The normalized spacial score (nSPS) is 12.6. The van der Waals surface area contributed by atoms with Gasteiger partial charge in [-0.25, -0.2) is 0 Å². The Bertz CT molecular complexity index is 1450. The zero-order chi connectivity index (χ0) is 27.2. The largest absolute Gasteiger partial charge is 0.497 e. The summed E-state index contributed by atoms with van der Waals surface area (Å²) in [6.07, 6.45) is 4.59. The third kappa shape index (κ3) is 6.51. The Morgan fingerprint density at radius 2 is 1.79 bits per heavy atom. The second-order valence-electron chi connectivity index (χ2n) is 9.40. The summed E-state index contributed by atoms with van der Waals surface area (Å²) in [4.78, 5) is 27.5. The molecule has 0 spiro atoms. The Kier molecular flexibility index (Phi) is 8.63. The lowest BCUT2D eigenvalue weighted by Gasteiger charge is -2.13. The van der Waals surface area contributed by atoms with Gasteiger partial charge < -0.3 is 19.9 Å². The highest BCUT2D eigenvalue weighted by molar-refractivity contribution is 7.99. The number of hydrogen-bond donors (Lipinski definition) is 2. The van der Waals surface area contributed by atoms with Gasteiger partial charge in [0.15, 0.2) is 5.16 Å². The molecule has 2 aromatic carbocycles. The van der Waals surface area contributed by atoms with Gasteiger partial charge in [0, 0.05) is 24.9 Å². The maximum absolute atomic E-state index is 13.3. The minimum Gasteiger partial charge on any atom is -0.497 e. The van der Waals surface area contributed by atoms with E-state index in [2.05, 4.69) is 20.8 Å². The number of nitrogens with zero attached hydrogens (tertiary/aromatic N) is 3. The number of aryl methyl sites for hydroxylation is 1. The molecule has 39 heavy (non-hydrogen) atoms. The molecule has 0 atom stereocenters. The second-order valence-corrected chi connectivity index (χ2v) is 11.5. The fourth-order valence-corrected chi connectivity index (χ4v) is 6.64. The SMILES string of the molecule is COc1ccc(Cc2nnc(SCC(=O)Nc3sc4c(c3C(=O)NCc3ccccc3)CCCC4)n2C)cc1. The van der Waals surface area contributed by atoms with Crippen LogP contribution in [0.4, 0.5) is 5.00 Å². The second kappa shape index (κ2) is 12.5. The molecule has 2 amide bonds. The van der Waals surface area contributed by atoms with Crippen LogP contribution in [0.25, 0.3) is 0 Å². The summed E-state index contributed by atoms with van der Waals surface area (Å²) in [6.45, 7) is 0.443. The number of hydrogen-bond acceptors (Lipinski definition) is 7. The molecule has 0 unspecified atom stereocenters. The number of anilines is 1. The van der Waals surface area contributed by atoms with Crippen molar-refractivity contribution in [2.45, 2.75) is 43.8 Å². The van der Waals surface area contributed by atoms with Crippen LogP contribution in [-0.2, 0) is 37.6 Å². The molecule has 202 valence electrons. The van der Waals surface area contributed by atoms with Gasteiger partial charge in [-0.05, 0) is 54.5 Å². The van der Waals surface area contributed by atoms with Gasteiger partial charge in [0.2, 0.25) is 5.91 Å². The van der Waals surface area contributed by atoms with E-state index < -0.39 is 0 Å². The molecular formula is C29H31N5O3S2. The number of carbonyl (C=O) groups excluding carboxylic acids is 2. The first-order chi connectivity index (χ1) is 19.0. The van der Waals surface area contributed by atoms with Gasteiger partial charge in [-0.3, -0.25) is 9.59 Å². The number of aromatic nitrogens is 3. The number of thiophene rings is 1. The number of nitrogens with one attached hydrogen (secondary N) is 2. The topological polar surface area (TPSA) is 98.1 Å². The molecule has 0 saturated carbocycles. The van der Waals surface area contributed by atoms with Crippen LogP contribution >= 0.6 is 23.1 Å². The first-order valence-corrected chi connectivity index (χ1v) is 14.7. The van der Waals surface area contributed by atoms with Crippen molar-refractivity contribution in [3.63, 3.8) is 0 Å². The lowest BCUT2D eigenvalue weighted by molar-refractivity contribution is -0.113. The smallest absolute Gasteiger partial charge is 0.254 e. The minimum absolute atomic E-state index is 0.141. The van der Waals surface area contributed by atoms with E-state index in [0.29, 0.717) is 28.7 Å². The predicted molar refractivity (Wildman–Crippen MR) is 155 cm³/mol. The maximum atomic E-state index is 13.3. The number of carbonyl (C=O) groups is 2. The van der Waals surface area contributed by atoms with Crippen molar-refractivity contribution in [1.82, 2.24) is 20.1 Å². The summed E-state index contributed by atoms with van der Waals surface area (Å²) in [7, 11) is 3.55. The molecule has 10 heteroatoms. The number of rotatable bonds is 10. The van der Waals surface area contributed by atoms with Gasteiger partial charge in [0.25, 0.3) is 5.91 Å². The molecule has 0 radical (unpaired) electrons. The van der Waals surface area contributed by atoms with Crippen LogP contribution in [0.3, 0.4) is 0 Å². The first kappa shape index (κ1) is 27.0. The highest BCUT2D eigenvalue weighted by Crippen LogP contribution is 2.38. The van der Waals surface area contributed by atoms with E-state index in [-0.39, 0.29) is 17.6 Å². The van der Waals surface area contributed by atoms with Crippen LogP contribution in [0.5, 0.6) is 5.75 Å². The highest BCUT2D eigenvalue weighted by Gasteiger charge is 2.26. The van der Waals surface area contributed by atoms with Gasteiger partial charge in [0.05, 0.1) is 18.4 Å². The Morgan fingerprint density at radius 1 is 1.03 bits per heavy atom. The molecule has 4 aromatic rings. The van der Waals surface area contributed by atoms with Gasteiger partial charge in [0.1, 0.15) is 16.6 Å². The lowest BCUT2D eigenvalue weighted by Crippen LogP contribution is -2.25. The molecule has 2 aromatic heterocycles. The fourth-order valence-electron chi connectivity index (χ4n) is 4.60. The third-order valence-electron chi connectivity index (χ3n) is 6.73. The summed E-state index contributed by atoms with van der Waals surface area (Å²) in [5.74, 6) is 1.48. The summed E-state index contributed by atoms with van der Waals surface area (Å²) in [5.41, 5.74) is 3.83. The molecule has 0 fully saturated rings. The summed E-state index contributed by atoms with van der Waals surface area (Å²) < 4.78 is 7.13. The number of fused-ring (bicyclic) bond motifs is 1. The Hall–Kier alpha value is -3.63. The summed E-state index contributed by atoms with van der Waals surface area (Å²) >= 11 is 2.86. The summed E-state index contributed by atoms with van der Waals surface area (Å²) in [5, 5.41) is 16.0. The molecule has 8 nitrogen and oxygen atoms in total. The van der Waals surface area contributed by atoms with Crippen LogP contribution in [0, 0.1) is 0 Å². The van der Waals surface area contributed by atoms with Gasteiger partial charge >= 0.3 is 0 Å². The molecule has 1 aliphatic rings. The zero-order valence-corrected chi connectivity index (χ0v) is 23.7. The van der Waals surface area contributed by atoms with Crippen molar-refractivity contribution in [2.75, 3.05) is 18.2 Å². The highest BCUT2D eigenvalue weighted by atomic mass is 32.2. The average Bonchev–Trinajstić information content (AvgIpc) is 3.50. The molecule has 2 heterocycles. The van der Waals surface area contributed by atoms with Gasteiger partial charge in [-0.15, -0.1) is 21.5 Å². The Morgan fingerprint density at radius 3 is 2.56 bits per heavy atom. The fraction of sp³-hybridized carbons (Fsp3) is 0.310.